The molecule has 2 amide bonds. The van der Waals surface area contributed by atoms with E-state index >= 15 is 0 Å². The zero-order valence-corrected chi connectivity index (χ0v) is 24.8. The molecule has 2 aromatic carbocycles. The number of carbonyl (C=O) groups is 1. The van der Waals surface area contributed by atoms with Crippen LogP contribution in [0.1, 0.15) is 43.4 Å². The standard InChI is InChI=1S/C34H45N3O4/c1-6-10-26-20-25(4)13-16-31(26)37-19-18-36(33(37)39)29-15-14-27(32(21-29)41-30(8-3)11-7-2)22-35-17-9-12-28(23-35)34(5,40)24-38/h6-8,11,13-16,20-21,28,30,38,40H,1,3,9-10,12,17-19,22-24H2,2,4-5H3/b11-7+/t28-,30?,34+/m0/s1. The molecule has 0 spiro atoms. The minimum absolute atomic E-state index is 0.00482. The number of urea groups is 1. The van der Waals surface area contributed by atoms with Crippen LogP contribution in [0.4, 0.5) is 16.2 Å². The highest BCUT2D eigenvalue weighted by Crippen LogP contribution is 2.34. The Balaban J connectivity index is 1.60. The van der Waals surface area contributed by atoms with Gasteiger partial charge >= 0.3 is 6.03 Å². The summed E-state index contributed by atoms with van der Waals surface area (Å²) in [5.41, 5.74) is 3.86. The Morgan fingerprint density at radius 3 is 2.61 bits per heavy atom. The van der Waals surface area contributed by atoms with Gasteiger partial charge in [0, 0.05) is 55.1 Å². The molecule has 0 aliphatic carbocycles. The number of allylic oxidation sites excluding steroid dienone is 2. The molecule has 2 aromatic rings. The van der Waals surface area contributed by atoms with E-state index in [0.29, 0.717) is 38.3 Å². The number of ether oxygens (including phenoxy) is 1. The molecule has 7 nitrogen and oxygen atoms in total. The third kappa shape index (κ3) is 7.10. The number of anilines is 2. The first-order valence-electron chi connectivity index (χ1n) is 14.6. The fourth-order valence-electron chi connectivity index (χ4n) is 5.83. The number of rotatable bonds is 12. The van der Waals surface area contributed by atoms with Crippen molar-refractivity contribution in [2.24, 2.45) is 5.92 Å². The highest BCUT2D eigenvalue weighted by atomic mass is 16.5. The molecule has 0 saturated carbocycles. The van der Waals surface area contributed by atoms with Crippen LogP contribution in [0.2, 0.25) is 0 Å². The summed E-state index contributed by atoms with van der Waals surface area (Å²) < 4.78 is 6.42. The number of hydrogen-bond acceptors (Lipinski definition) is 5. The normalized spacial score (nSPS) is 20.3. The lowest BCUT2D eigenvalue weighted by atomic mass is 9.83. The van der Waals surface area contributed by atoms with E-state index in [2.05, 4.69) is 31.0 Å². The van der Waals surface area contributed by atoms with Crippen molar-refractivity contribution in [3.8, 4) is 5.75 Å². The molecule has 2 N–H and O–H groups in total. The number of benzene rings is 2. The molecule has 3 atom stereocenters. The van der Waals surface area contributed by atoms with Gasteiger partial charge in [0.25, 0.3) is 0 Å². The number of piperidine rings is 1. The zero-order chi connectivity index (χ0) is 29.6. The fourth-order valence-corrected chi connectivity index (χ4v) is 5.83. The Bertz CT molecular complexity index is 1270. The van der Waals surface area contributed by atoms with Crippen LogP contribution in [0.15, 0.2) is 73.9 Å². The quantitative estimate of drug-likeness (QED) is 0.330. The average Bonchev–Trinajstić information content (AvgIpc) is 3.34. The second kappa shape index (κ2) is 13.5. The van der Waals surface area contributed by atoms with Gasteiger partial charge < -0.3 is 14.9 Å². The van der Waals surface area contributed by atoms with Crippen LogP contribution in [0.25, 0.3) is 0 Å². The summed E-state index contributed by atoms with van der Waals surface area (Å²) in [5, 5.41) is 20.4. The van der Waals surface area contributed by atoms with E-state index in [1.54, 1.807) is 13.0 Å². The van der Waals surface area contributed by atoms with Gasteiger partial charge in [-0.3, -0.25) is 14.7 Å². The van der Waals surface area contributed by atoms with E-state index in [-0.39, 0.29) is 24.7 Å². The molecule has 2 aliphatic heterocycles. The molecule has 1 unspecified atom stereocenters. The van der Waals surface area contributed by atoms with E-state index in [9.17, 15) is 15.0 Å². The first kappa shape index (κ1) is 30.6. The van der Waals surface area contributed by atoms with Crippen molar-refractivity contribution in [2.75, 3.05) is 42.6 Å². The molecule has 2 aliphatic rings. The van der Waals surface area contributed by atoms with Gasteiger partial charge in [0.15, 0.2) is 0 Å². The third-order valence-electron chi connectivity index (χ3n) is 8.24. The topological polar surface area (TPSA) is 76.5 Å². The molecule has 0 radical (unpaired) electrons. The van der Waals surface area contributed by atoms with Crippen LogP contribution in [0.5, 0.6) is 5.75 Å². The number of aliphatic hydroxyl groups excluding tert-OH is 1. The van der Waals surface area contributed by atoms with E-state index in [0.717, 1.165) is 47.5 Å². The summed E-state index contributed by atoms with van der Waals surface area (Å²) in [6.07, 6.45) is 9.74. The van der Waals surface area contributed by atoms with Crippen LogP contribution >= 0.6 is 0 Å². The van der Waals surface area contributed by atoms with Crippen LogP contribution in [0.3, 0.4) is 0 Å². The highest BCUT2D eigenvalue weighted by Gasteiger charge is 2.35. The molecule has 0 bridgehead atoms. The third-order valence-corrected chi connectivity index (χ3v) is 8.24. The van der Waals surface area contributed by atoms with Crippen molar-refractivity contribution >= 4 is 17.4 Å². The van der Waals surface area contributed by atoms with Crippen LogP contribution in [-0.2, 0) is 13.0 Å². The van der Waals surface area contributed by atoms with Gasteiger partial charge in [-0.15, -0.1) is 6.58 Å². The van der Waals surface area contributed by atoms with Gasteiger partial charge in [0.2, 0.25) is 0 Å². The summed E-state index contributed by atoms with van der Waals surface area (Å²) in [4.78, 5) is 19.7. The van der Waals surface area contributed by atoms with Crippen LogP contribution < -0.4 is 14.5 Å². The van der Waals surface area contributed by atoms with Crippen molar-refractivity contribution in [3.63, 3.8) is 0 Å². The zero-order valence-electron chi connectivity index (χ0n) is 24.8. The number of carbonyl (C=O) groups excluding carboxylic acids is 1. The van der Waals surface area contributed by atoms with E-state index in [1.807, 2.05) is 65.3 Å². The first-order valence-corrected chi connectivity index (χ1v) is 14.6. The number of aliphatic hydroxyl groups is 2. The largest absolute Gasteiger partial charge is 0.482 e. The van der Waals surface area contributed by atoms with Crippen LogP contribution in [-0.4, -0.2) is 65.6 Å². The Morgan fingerprint density at radius 2 is 1.90 bits per heavy atom. The monoisotopic (exact) mass is 559 g/mol. The lowest BCUT2D eigenvalue weighted by Gasteiger charge is -2.39. The molecule has 220 valence electrons. The molecule has 41 heavy (non-hydrogen) atoms. The predicted molar refractivity (Wildman–Crippen MR) is 167 cm³/mol. The maximum atomic E-state index is 13.7. The Hall–Kier alpha value is -3.39. The van der Waals surface area contributed by atoms with Gasteiger partial charge in [0.1, 0.15) is 11.9 Å². The molecule has 7 heteroatoms. The molecule has 2 saturated heterocycles. The maximum Gasteiger partial charge on any atom is 0.329 e. The number of aryl methyl sites for hydroxylation is 1. The Morgan fingerprint density at radius 1 is 1.12 bits per heavy atom. The Labute approximate surface area is 245 Å². The smallest absolute Gasteiger partial charge is 0.329 e. The number of likely N-dealkylation sites (tertiary alicyclic amines) is 1. The second-order valence-corrected chi connectivity index (χ2v) is 11.4. The summed E-state index contributed by atoms with van der Waals surface area (Å²) in [6, 6.07) is 12.1. The Kier molecular flexibility index (Phi) is 10.1. The molecule has 4 rings (SSSR count). The van der Waals surface area contributed by atoms with Crippen molar-refractivity contribution in [3.05, 3.63) is 90.6 Å². The van der Waals surface area contributed by atoms with E-state index in [4.69, 9.17) is 4.74 Å². The van der Waals surface area contributed by atoms with Gasteiger partial charge in [-0.05, 0) is 76.4 Å². The number of nitrogens with zero attached hydrogens (tertiary/aromatic N) is 3. The summed E-state index contributed by atoms with van der Waals surface area (Å²) in [7, 11) is 0. The number of hydrogen-bond donors (Lipinski definition) is 2. The van der Waals surface area contributed by atoms with Crippen molar-refractivity contribution in [1.82, 2.24) is 4.90 Å². The SMILES string of the molecule is C=CCc1cc(C)ccc1N1CCN(c2ccc(CN3CCC[C@H]([C@](C)(O)CO)C3)c(OC(C=C)/C=C/C)c2)C1=O. The summed E-state index contributed by atoms with van der Waals surface area (Å²) in [6.45, 7) is 16.7. The fraction of sp³-hybridized carbons (Fsp3) is 0.441. The second-order valence-electron chi connectivity index (χ2n) is 11.4. The lowest BCUT2D eigenvalue weighted by molar-refractivity contribution is -0.0697. The van der Waals surface area contributed by atoms with E-state index in [1.165, 1.54) is 0 Å². The van der Waals surface area contributed by atoms with Crippen molar-refractivity contribution < 1.29 is 19.7 Å². The van der Waals surface area contributed by atoms with Gasteiger partial charge in [-0.1, -0.05) is 42.5 Å². The minimum Gasteiger partial charge on any atom is -0.482 e. The molecule has 2 heterocycles. The summed E-state index contributed by atoms with van der Waals surface area (Å²) in [5.74, 6) is 0.699. The lowest BCUT2D eigenvalue weighted by Crippen LogP contribution is -2.47. The van der Waals surface area contributed by atoms with Crippen molar-refractivity contribution in [1.29, 1.82) is 0 Å². The van der Waals surface area contributed by atoms with Crippen LogP contribution in [0, 0.1) is 12.8 Å². The molecule has 2 fully saturated rings. The van der Waals surface area contributed by atoms with Gasteiger partial charge in [-0.25, -0.2) is 4.79 Å². The highest BCUT2D eigenvalue weighted by molar-refractivity contribution is 6.06. The molecular formula is C34H45N3O4. The van der Waals surface area contributed by atoms with Gasteiger partial charge in [0.05, 0.1) is 12.2 Å². The summed E-state index contributed by atoms with van der Waals surface area (Å²) >= 11 is 0. The number of amides is 2. The first-order chi connectivity index (χ1) is 19.7. The van der Waals surface area contributed by atoms with Gasteiger partial charge in [-0.2, -0.15) is 0 Å². The molecule has 0 aromatic heterocycles. The average molecular weight is 560 g/mol. The van der Waals surface area contributed by atoms with E-state index < -0.39 is 5.60 Å². The predicted octanol–water partition coefficient (Wildman–Crippen LogP) is 5.63. The minimum atomic E-state index is -1.10. The maximum absolute atomic E-state index is 13.7. The molecular weight excluding hydrogens is 514 g/mol. The van der Waals surface area contributed by atoms with Crippen molar-refractivity contribution in [2.45, 2.75) is 58.3 Å².